The van der Waals surface area contributed by atoms with Gasteiger partial charge in [-0.1, -0.05) is 12.8 Å². The lowest BCUT2D eigenvalue weighted by atomic mass is 10.2. The summed E-state index contributed by atoms with van der Waals surface area (Å²) in [4.78, 5) is 28.7. The molecule has 2 N–H and O–H groups in total. The summed E-state index contributed by atoms with van der Waals surface area (Å²) >= 11 is 0. The summed E-state index contributed by atoms with van der Waals surface area (Å²) in [7, 11) is 0. The molecule has 1 aromatic heterocycles. The molecule has 0 radical (unpaired) electrons. The van der Waals surface area contributed by atoms with E-state index in [0.717, 1.165) is 25.9 Å². The summed E-state index contributed by atoms with van der Waals surface area (Å²) in [5.74, 6) is -0.775. The minimum Gasteiger partial charge on any atom is -0.478 e. The van der Waals surface area contributed by atoms with E-state index in [0.29, 0.717) is 11.5 Å². The summed E-state index contributed by atoms with van der Waals surface area (Å²) in [5, 5.41) is 11.9. The minimum absolute atomic E-state index is 0.137. The number of aromatic carboxylic acids is 1. The predicted molar refractivity (Wildman–Crippen MR) is 76.2 cm³/mol. The number of carbonyl (C=O) groups excluding carboxylic acids is 1. The Morgan fingerprint density at radius 1 is 1.25 bits per heavy atom. The Hall–Kier alpha value is -2.11. The molecule has 108 valence electrons. The van der Waals surface area contributed by atoms with E-state index < -0.39 is 5.97 Å². The maximum absolute atomic E-state index is 11.4. The molecule has 0 unspecified atom stereocenters. The number of carboxylic acids is 1. The third-order valence-corrected chi connectivity index (χ3v) is 3.32. The Morgan fingerprint density at radius 3 is 2.45 bits per heavy atom. The predicted octanol–water partition coefficient (Wildman–Crippen LogP) is 2.12. The number of rotatable bonds is 3. The SMILES string of the molecule is CC(=O)Nc1cnc(N2CCCCCC2)c(C(=O)O)c1. The van der Waals surface area contributed by atoms with Crippen molar-refractivity contribution in [2.75, 3.05) is 23.3 Å². The number of nitrogens with zero attached hydrogens (tertiary/aromatic N) is 2. The molecule has 1 aliphatic heterocycles. The van der Waals surface area contributed by atoms with Gasteiger partial charge in [-0.2, -0.15) is 0 Å². The first kappa shape index (κ1) is 14.3. The third kappa shape index (κ3) is 3.46. The Morgan fingerprint density at radius 2 is 1.90 bits per heavy atom. The number of nitrogens with one attached hydrogen (secondary N) is 1. The summed E-state index contributed by atoms with van der Waals surface area (Å²) in [5.41, 5.74) is 0.548. The summed E-state index contributed by atoms with van der Waals surface area (Å²) in [6.45, 7) is 3.03. The summed E-state index contributed by atoms with van der Waals surface area (Å²) < 4.78 is 0. The lowest BCUT2D eigenvalue weighted by molar-refractivity contribution is -0.114. The fraction of sp³-hybridized carbons (Fsp3) is 0.500. The maximum Gasteiger partial charge on any atom is 0.339 e. The number of hydrogen-bond acceptors (Lipinski definition) is 4. The topological polar surface area (TPSA) is 82.5 Å². The molecule has 0 atom stereocenters. The molecule has 1 amide bonds. The molecule has 0 spiro atoms. The van der Waals surface area contributed by atoms with Gasteiger partial charge in [-0.15, -0.1) is 0 Å². The number of carboxylic acid groups (broad SMARTS) is 1. The van der Waals surface area contributed by atoms with Crippen LogP contribution in [0.25, 0.3) is 0 Å². The molecule has 1 aromatic rings. The molecule has 20 heavy (non-hydrogen) atoms. The Balaban J connectivity index is 2.31. The summed E-state index contributed by atoms with van der Waals surface area (Å²) in [6.07, 6.45) is 5.95. The first-order valence-corrected chi connectivity index (χ1v) is 6.84. The number of anilines is 2. The average Bonchev–Trinajstić information content (AvgIpc) is 2.66. The van der Waals surface area contributed by atoms with Crippen molar-refractivity contribution in [3.63, 3.8) is 0 Å². The van der Waals surface area contributed by atoms with Crippen molar-refractivity contribution in [1.82, 2.24) is 4.98 Å². The van der Waals surface area contributed by atoms with Crippen LogP contribution in [0.5, 0.6) is 0 Å². The van der Waals surface area contributed by atoms with Crippen molar-refractivity contribution < 1.29 is 14.7 Å². The highest BCUT2D eigenvalue weighted by molar-refractivity contribution is 5.96. The normalized spacial score (nSPS) is 15.6. The van der Waals surface area contributed by atoms with Gasteiger partial charge in [0.1, 0.15) is 11.4 Å². The van der Waals surface area contributed by atoms with Crippen LogP contribution < -0.4 is 10.2 Å². The molecule has 0 saturated carbocycles. The van der Waals surface area contributed by atoms with Gasteiger partial charge in [0.2, 0.25) is 5.91 Å². The second-order valence-electron chi connectivity index (χ2n) is 4.98. The molecule has 1 aliphatic rings. The smallest absolute Gasteiger partial charge is 0.339 e. The molecule has 0 aliphatic carbocycles. The van der Waals surface area contributed by atoms with Crippen molar-refractivity contribution in [3.8, 4) is 0 Å². The van der Waals surface area contributed by atoms with Gasteiger partial charge in [-0.05, 0) is 18.9 Å². The van der Waals surface area contributed by atoms with Crippen molar-refractivity contribution in [2.45, 2.75) is 32.6 Å². The number of amides is 1. The van der Waals surface area contributed by atoms with Crippen LogP contribution in [-0.4, -0.2) is 35.1 Å². The van der Waals surface area contributed by atoms with E-state index in [1.165, 1.54) is 32.0 Å². The van der Waals surface area contributed by atoms with Gasteiger partial charge in [-0.25, -0.2) is 9.78 Å². The zero-order valence-electron chi connectivity index (χ0n) is 11.6. The molecule has 6 nitrogen and oxygen atoms in total. The summed E-state index contributed by atoms with van der Waals surface area (Å²) in [6, 6.07) is 1.47. The van der Waals surface area contributed by atoms with Crippen LogP contribution in [0.2, 0.25) is 0 Å². The van der Waals surface area contributed by atoms with Crippen LogP contribution in [-0.2, 0) is 4.79 Å². The van der Waals surface area contributed by atoms with Gasteiger partial charge in [0.05, 0.1) is 11.9 Å². The molecule has 0 aromatic carbocycles. The van der Waals surface area contributed by atoms with E-state index in [4.69, 9.17) is 0 Å². The van der Waals surface area contributed by atoms with Gasteiger partial charge in [0, 0.05) is 20.0 Å². The molecular formula is C14H19N3O3. The van der Waals surface area contributed by atoms with Crippen molar-refractivity contribution in [1.29, 1.82) is 0 Å². The van der Waals surface area contributed by atoms with Crippen LogP contribution in [0.4, 0.5) is 11.5 Å². The first-order chi connectivity index (χ1) is 9.58. The number of hydrogen-bond donors (Lipinski definition) is 2. The van der Waals surface area contributed by atoms with Gasteiger partial charge in [0.15, 0.2) is 0 Å². The molecule has 1 fully saturated rings. The Kier molecular flexibility index (Phi) is 4.55. The fourth-order valence-electron chi connectivity index (χ4n) is 2.42. The molecule has 2 rings (SSSR count). The van der Waals surface area contributed by atoms with Gasteiger partial charge in [-0.3, -0.25) is 4.79 Å². The Bertz CT molecular complexity index is 508. The largest absolute Gasteiger partial charge is 0.478 e. The van der Waals surface area contributed by atoms with Crippen molar-refractivity contribution in [3.05, 3.63) is 17.8 Å². The van der Waals surface area contributed by atoms with Crippen molar-refractivity contribution >= 4 is 23.4 Å². The van der Waals surface area contributed by atoms with Crippen molar-refractivity contribution in [2.24, 2.45) is 0 Å². The number of pyridine rings is 1. The van der Waals surface area contributed by atoms with E-state index >= 15 is 0 Å². The zero-order chi connectivity index (χ0) is 14.5. The fourth-order valence-corrected chi connectivity index (χ4v) is 2.42. The minimum atomic E-state index is -1.02. The highest BCUT2D eigenvalue weighted by Gasteiger charge is 2.19. The number of aromatic nitrogens is 1. The van der Waals surface area contributed by atoms with E-state index in [2.05, 4.69) is 10.3 Å². The van der Waals surface area contributed by atoms with Crippen LogP contribution in [0.1, 0.15) is 43.0 Å². The lowest BCUT2D eigenvalue weighted by Crippen LogP contribution is -2.27. The molecule has 2 heterocycles. The quantitative estimate of drug-likeness (QED) is 0.884. The first-order valence-electron chi connectivity index (χ1n) is 6.84. The van der Waals surface area contributed by atoms with E-state index in [9.17, 15) is 14.7 Å². The van der Waals surface area contributed by atoms with Gasteiger partial charge < -0.3 is 15.3 Å². The lowest BCUT2D eigenvalue weighted by Gasteiger charge is -2.23. The molecule has 0 bridgehead atoms. The standard InChI is InChI=1S/C14H19N3O3/c1-10(18)16-11-8-12(14(19)20)13(15-9-11)17-6-4-2-3-5-7-17/h8-9H,2-7H2,1H3,(H,16,18)(H,19,20). The van der Waals surface area contributed by atoms with Gasteiger partial charge in [0.25, 0.3) is 0 Å². The van der Waals surface area contributed by atoms with E-state index in [1.54, 1.807) is 0 Å². The third-order valence-electron chi connectivity index (χ3n) is 3.32. The van der Waals surface area contributed by atoms with Crippen LogP contribution >= 0.6 is 0 Å². The maximum atomic E-state index is 11.4. The van der Waals surface area contributed by atoms with Crippen LogP contribution in [0.15, 0.2) is 12.3 Å². The van der Waals surface area contributed by atoms with Crippen LogP contribution in [0.3, 0.4) is 0 Å². The highest BCUT2D eigenvalue weighted by Crippen LogP contribution is 2.24. The van der Waals surface area contributed by atoms with E-state index in [1.807, 2.05) is 4.90 Å². The zero-order valence-corrected chi connectivity index (χ0v) is 11.6. The van der Waals surface area contributed by atoms with Crippen LogP contribution in [0, 0.1) is 0 Å². The second-order valence-corrected chi connectivity index (χ2v) is 4.98. The highest BCUT2D eigenvalue weighted by atomic mass is 16.4. The average molecular weight is 277 g/mol. The van der Waals surface area contributed by atoms with E-state index in [-0.39, 0.29) is 11.5 Å². The number of carbonyl (C=O) groups is 2. The second kappa shape index (κ2) is 6.36. The molecule has 6 heteroatoms. The Labute approximate surface area is 117 Å². The van der Waals surface area contributed by atoms with Gasteiger partial charge >= 0.3 is 5.97 Å². The molecular weight excluding hydrogens is 258 g/mol. The monoisotopic (exact) mass is 277 g/mol. The molecule has 1 saturated heterocycles.